The number of fused-ring (bicyclic) bond motifs is 1. The molecule has 0 aromatic heterocycles. The number of hydrogen-bond donors (Lipinski definition) is 2. The minimum atomic E-state index is -0.690. The van der Waals surface area contributed by atoms with Crippen LogP contribution in [0.5, 0.6) is 0 Å². The average Bonchev–Trinajstić information content (AvgIpc) is 3.13. The Morgan fingerprint density at radius 2 is 1.83 bits per heavy atom. The predicted molar refractivity (Wildman–Crippen MR) is 117 cm³/mol. The highest BCUT2D eigenvalue weighted by Crippen LogP contribution is 2.33. The number of imide groups is 1. The van der Waals surface area contributed by atoms with Crippen molar-refractivity contribution in [1.82, 2.24) is 19.8 Å². The minimum Gasteiger partial charge on any atom is -0.368 e. The number of benzene rings is 1. The molecule has 4 amide bonds. The van der Waals surface area contributed by atoms with Gasteiger partial charge in [0.25, 0.3) is 11.8 Å². The van der Waals surface area contributed by atoms with Crippen molar-refractivity contribution >= 4 is 35.5 Å². The fraction of sp³-hybridized carbons (Fsp3) is 0.476. The molecule has 1 unspecified atom stereocenters. The van der Waals surface area contributed by atoms with E-state index in [1.807, 2.05) is 0 Å². The van der Waals surface area contributed by atoms with Crippen molar-refractivity contribution in [2.45, 2.75) is 39.8 Å². The summed E-state index contributed by atoms with van der Waals surface area (Å²) in [6, 6.07) is 4.87. The smallest absolute Gasteiger partial charge is 0.328 e. The third-order valence-corrected chi connectivity index (χ3v) is 6.90. The first-order chi connectivity index (χ1) is 14.3. The van der Waals surface area contributed by atoms with E-state index in [0.717, 1.165) is 25.0 Å². The molecule has 9 heteroatoms. The molecule has 3 aliphatic heterocycles. The van der Waals surface area contributed by atoms with Crippen LogP contribution >= 0.6 is 11.9 Å². The topological polar surface area (TPSA) is 85.0 Å². The highest BCUT2D eigenvalue weighted by molar-refractivity contribution is 8.02. The number of piperazine rings is 1. The summed E-state index contributed by atoms with van der Waals surface area (Å²) in [4.78, 5) is 43.9. The van der Waals surface area contributed by atoms with E-state index in [2.05, 4.69) is 47.0 Å². The maximum absolute atomic E-state index is 13.2. The normalized spacial score (nSPS) is 22.0. The quantitative estimate of drug-likeness (QED) is 0.712. The van der Waals surface area contributed by atoms with Crippen LogP contribution in [0.1, 0.15) is 25.0 Å². The predicted octanol–water partition coefficient (Wildman–Crippen LogP) is 1.74. The molecule has 2 fully saturated rings. The van der Waals surface area contributed by atoms with E-state index in [1.54, 1.807) is 18.7 Å². The van der Waals surface area contributed by atoms with Gasteiger partial charge in [0.2, 0.25) is 0 Å². The van der Waals surface area contributed by atoms with Crippen LogP contribution in [-0.4, -0.2) is 65.9 Å². The lowest BCUT2D eigenvalue weighted by molar-refractivity contribution is -0.131. The first-order valence-electron chi connectivity index (χ1n) is 10.2. The molecule has 0 bridgehead atoms. The molecule has 160 valence electrons. The number of anilines is 1. The van der Waals surface area contributed by atoms with Gasteiger partial charge < -0.3 is 15.1 Å². The second-order valence-corrected chi connectivity index (χ2v) is 8.97. The number of nitrogens with one attached hydrogen (secondary N) is 2. The van der Waals surface area contributed by atoms with Crippen LogP contribution < -0.4 is 14.9 Å². The summed E-state index contributed by atoms with van der Waals surface area (Å²) >= 11 is 1.13. The van der Waals surface area contributed by atoms with E-state index in [9.17, 15) is 14.4 Å². The molecule has 0 aliphatic carbocycles. The Labute approximate surface area is 180 Å². The molecule has 0 saturated carbocycles. The Hall–Kier alpha value is -2.52. The van der Waals surface area contributed by atoms with Crippen molar-refractivity contribution < 1.29 is 14.4 Å². The van der Waals surface area contributed by atoms with Crippen LogP contribution in [-0.2, 0) is 9.59 Å². The second kappa shape index (κ2) is 7.96. The molecular weight excluding hydrogens is 402 g/mol. The number of hydrogen-bond acceptors (Lipinski definition) is 6. The van der Waals surface area contributed by atoms with Crippen LogP contribution in [0.25, 0.3) is 0 Å². The van der Waals surface area contributed by atoms with Gasteiger partial charge in [-0.2, -0.15) is 0 Å². The summed E-state index contributed by atoms with van der Waals surface area (Å²) in [6.45, 7) is 10.5. The molecule has 30 heavy (non-hydrogen) atoms. The molecule has 2 N–H and O–H groups in total. The first kappa shape index (κ1) is 20.7. The molecular formula is C21H27N5O3S. The van der Waals surface area contributed by atoms with E-state index in [4.69, 9.17) is 0 Å². The van der Waals surface area contributed by atoms with Gasteiger partial charge in [0.1, 0.15) is 10.9 Å². The lowest BCUT2D eigenvalue weighted by Crippen LogP contribution is -2.60. The van der Waals surface area contributed by atoms with E-state index >= 15 is 0 Å². The Kier molecular flexibility index (Phi) is 5.50. The van der Waals surface area contributed by atoms with Gasteiger partial charge in [-0.1, -0.05) is 12.1 Å². The maximum Gasteiger partial charge on any atom is 0.328 e. The SMILES string of the molecule is Cc1cccc(N2CCN(C(=O)C3=C4NC(=O)N(C(C)C)C(=O)C4NS3)CC2)c1C. The molecule has 3 aliphatic rings. The van der Waals surface area contributed by atoms with Crippen LogP contribution in [0.3, 0.4) is 0 Å². The van der Waals surface area contributed by atoms with E-state index < -0.39 is 12.1 Å². The monoisotopic (exact) mass is 429 g/mol. The summed E-state index contributed by atoms with van der Waals surface area (Å²) in [7, 11) is 0. The number of amides is 4. The van der Waals surface area contributed by atoms with Gasteiger partial charge in [0, 0.05) is 37.9 Å². The Morgan fingerprint density at radius 1 is 1.13 bits per heavy atom. The molecule has 1 aromatic carbocycles. The Balaban J connectivity index is 1.47. The van der Waals surface area contributed by atoms with Gasteiger partial charge >= 0.3 is 6.03 Å². The van der Waals surface area contributed by atoms with Gasteiger partial charge in [-0.3, -0.25) is 14.5 Å². The average molecular weight is 430 g/mol. The first-order valence-corrected chi connectivity index (χ1v) is 11.0. The largest absolute Gasteiger partial charge is 0.368 e. The number of rotatable bonds is 3. The number of aryl methyl sites for hydroxylation is 1. The van der Waals surface area contributed by atoms with Crippen LogP contribution in [0.2, 0.25) is 0 Å². The molecule has 0 radical (unpaired) electrons. The van der Waals surface area contributed by atoms with Crippen molar-refractivity contribution in [3.63, 3.8) is 0 Å². The molecule has 2 saturated heterocycles. The fourth-order valence-electron chi connectivity index (χ4n) is 4.10. The maximum atomic E-state index is 13.2. The second-order valence-electron chi connectivity index (χ2n) is 8.13. The molecule has 1 atom stereocenters. The van der Waals surface area contributed by atoms with Crippen molar-refractivity contribution in [2.24, 2.45) is 0 Å². The van der Waals surface area contributed by atoms with E-state index in [1.165, 1.54) is 21.7 Å². The lowest BCUT2D eigenvalue weighted by Gasteiger charge is -2.37. The summed E-state index contributed by atoms with van der Waals surface area (Å²) in [6.07, 6.45) is 0. The molecule has 8 nitrogen and oxygen atoms in total. The zero-order chi connectivity index (χ0) is 21.6. The highest BCUT2D eigenvalue weighted by Gasteiger charge is 2.45. The summed E-state index contributed by atoms with van der Waals surface area (Å²) in [5, 5.41) is 2.76. The van der Waals surface area contributed by atoms with Crippen molar-refractivity contribution in [2.75, 3.05) is 31.1 Å². The van der Waals surface area contributed by atoms with Gasteiger partial charge in [0.15, 0.2) is 0 Å². The fourth-order valence-corrected chi connectivity index (χ4v) is 5.05. The number of urea groups is 1. The van der Waals surface area contributed by atoms with Crippen molar-refractivity contribution in [3.05, 3.63) is 39.9 Å². The van der Waals surface area contributed by atoms with Crippen molar-refractivity contribution in [1.29, 1.82) is 0 Å². The van der Waals surface area contributed by atoms with E-state index in [0.29, 0.717) is 23.7 Å². The van der Waals surface area contributed by atoms with Gasteiger partial charge in [-0.05, 0) is 56.8 Å². The Bertz CT molecular complexity index is 937. The summed E-state index contributed by atoms with van der Waals surface area (Å²) in [5.74, 6) is -0.462. The molecule has 1 aromatic rings. The van der Waals surface area contributed by atoms with Crippen LogP contribution in [0.15, 0.2) is 28.8 Å². The van der Waals surface area contributed by atoms with Gasteiger partial charge in [-0.25, -0.2) is 9.52 Å². The van der Waals surface area contributed by atoms with Gasteiger partial charge in [-0.15, -0.1) is 0 Å². The summed E-state index contributed by atoms with van der Waals surface area (Å²) in [5.41, 5.74) is 4.11. The van der Waals surface area contributed by atoms with E-state index in [-0.39, 0.29) is 17.9 Å². The van der Waals surface area contributed by atoms with Crippen LogP contribution in [0, 0.1) is 13.8 Å². The number of nitrogens with zero attached hydrogens (tertiary/aromatic N) is 3. The molecule has 3 heterocycles. The van der Waals surface area contributed by atoms with Crippen LogP contribution in [0.4, 0.5) is 10.5 Å². The minimum absolute atomic E-state index is 0.142. The van der Waals surface area contributed by atoms with Gasteiger partial charge in [0.05, 0.1) is 5.70 Å². The van der Waals surface area contributed by atoms with Crippen molar-refractivity contribution in [3.8, 4) is 0 Å². The Morgan fingerprint density at radius 3 is 2.50 bits per heavy atom. The number of carbonyl (C=O) groups is 3. The summed E-state index contributed by atoms with van der Waals surface area (Å²) < 4.78 is 3.01. The molecule has 0 spiro atoms. The third-order valence-electron chi connectivity index (χ3n) is 5.95. The zero-order valence-electron chi connectivity index (χ0n) is 17.7. The molecule has 4 rings (SSSR count). The number of carbonyl (C=O) groups excluding carboxylic acids is 3. The standard InChI is InChI=1S/C21H27N5O3S/c1-12(2)26-19(27)17-16(22-21(26)29)18(30-23-17)20(28)25-10-8-24(9-11-25)15-7-5-6-13(3)14(15)4/h5-7,12,17,23H,8-11H2,1-4H3,(H,22,29). The lowest BCUT2D eigenvalue weighted by atomic mass is 10.1. The highest BCUT2D eigenvalue weighted by atomic mass is 32.2. The third kappa shape index (κ3) is 3.45. The zero-order valence-corrected chi connectivity index (χ0v) is 18.5.